The Kier molecular flexibility index (Phi) is 3.29. The number of thiophene rings is 1. The highest BCUT2D eigenvalue weighted by Gasteiger charge is 2.04. The summed E-state index contributed by atoms with van der Waals surface area (Å²) in [5, 5.41) is 4.83. The molecular weight excluding hydrogens is 228 g/mol. The molecule has 1 nitrogen and oxygen atoms in total. The first-order valence-electron chi connectivity index (χ1n) is 4.76. The molecule has 0 aliphatic heterocycles. The van der Waals surface area contributed by atoms with Gasteiger partial charge in [-0.2, -0.15) is 11.3 Å². The highest BCUT2D eigenvalue weighted by molar-refractivity contribution is 7.08. The molecule has 0 N–H and O–H groups in total. The van der Waals surface area contributed by atoms with E-state index in [1.165, 1.54) is 5.56 Å². The van der Waals surface area contributed by atoms with Gasteiger partial charge in [0.2, 0.25) is 0 Å². The molecule has 0 bridgehead atoms. The van der Waals surface area contributed by atoms with Crippen LogP contribution in [0, 0.1) is 0 Å². The van der Waals surface area contributed by atoms with Crippen molar-refractivity contribution in [2.45, 2.75) is 6.92 Å². The Morgan fingerprint density at radius 1 is 1.27 bits per heavy atom. The van der Waals surface area contributed by atoms with E-state index in [0.717, 1.165) is 11.3 Å². The van der Waals surface area contributed by atoms with Crippen molar-refractivity contribution in [3.8, 4) is 16.9 Å². The topological polar surface area (TPSA) is 9.23 Å². The van der Waals surface area contributed by atoms with E-state index in [-0.39, 0.29) is 0 Å². The second kappa shape index (κ2) is 4.69. The van der Waals surface area contributed by atoms with E-state index in [0.29, 0.717) is 11.6 Å². The molecule has 3 heteroatoms. The quantitative estimate of drug-likeness (QED) is 0.767. The second-order valence-electron chi connectivity index (χ2n) is 3.09. The lowest BCUT2D eigenvalue weighted by atomic mass is 10.1. The molecule has 0 aliphatic carbocycles. The van der Waals surface area contributed by atoms with E-state index in [4.69, 9.17) is 16.3 Å². The van der Waals surface area contributed by atoms with E-state index in [2.05, 4.69) is 16.8 Å². The van der Waals surface area contributed by atoms with Crippen molar-refractivity contribution in [2.75, 3.05) is 6.61 Å². The molecule has 2 aromatic rings. The molecule has 0 fully saturated rings. The van der Waals surface area contributed by atoms with Crippen LogP contribution in [0.15, 0.2) is 35.0 Å². The van der Waals surface area contributed by atoms with Crippen molar-refractivity contribution >= 4 is 22.9 Å². The van der Waals surface area contributed by atoms with Gasteiger partial charge in [-0.1, -0.05) is 17.7 Å². The SMILES string of the molecule is CCOc1cc(-c2ccsc2)ccc1Cl. The van der Waals surface area contributed by atoms with Crippen LogP contribution in [-0.4, -0.2) is 6.61 Å². The van der Waals surface area contributed by atoms with Crippen LogP contribution in [0.25, 0.3) is 11.1 Å². The fraction of sp³-hybridized carbons (Fsp3) is 0.167. The fourth-order valence-corrected chi connectivity index (χ4v) is 2.21. The lowest BCUT2D eigenvalue weighted by Crippen LogP contribution is -1.92. The van der Waals surface area contributed by atoms with Crippen LogP contribution in [-0.2, 0) is 0 Å². The van der Waals surface area contributed by atoms with Crippen LogP contribution in [0.4, 0.5) is 0 Å². The largest absolute Gasteiger partial charge is 0.492 e. The van der Waals surface area contributed by atoms with Gasteiger partial charge in [0.25, 0.3) is 0 Å². The molecule has 1 aromatic heterocycles. The predicted octanol–water partition coefficient (Wildman–Crippen LogP) is 4.47. The summed E-state index contributed by atoms with van der Waals surface area (Å²) in [6.45, 7) is 2.58. The summed E-state index contributed by atoms with van der Waals surface area (Å²) in [7, 11) is 0. The minimum atomic E-state index is 0.632. The van der Waals surface area contributed by atoms with Crippen molar-refractivity contribution in [1.82, 2.24) is 0 Å². The number of halogens is 1. The Hall–Kier alpha value is -0.990. The minimum absolute atomic E-state index is 0.632. The van der Waals surface area contributed by atoms with Crippen LogP contribution < -0.4 is 4.74 Å². The normalized spacial score (nSPS) is 10.3. The maximum absolute atomic E-state index is 6.01. The molecule has 0 radical (unpaired) electrons. The van der Waals surface area contributed by atoms with Gasteiger partial charge in [-0.05, 0) is 47.0 Å². The lowest BCUT2D eigenvalue weighted by Gasteiger charge is -2.07. The van der Waals surface area contributed by atoms with Gasteiger partial charge in [-0.25, -0.2) is 0 Å². The molecule has 1 heterocycles. The molecular formula is C12H11ClOS. The Morgan fingerprint density at radius 3 is 2.80 bits per heavy atom. The second-order valence-corrected chi connectivity index (χ2v) is 4.28. The average Bonchev–Trinajstić information content (AvgIpc) is 2.75. The molecule has 0 amide bonds. The first-order valence-corrected chi connectivity index (χ1v) is 6.08. The summed E-state index contributed by atoms with van der Waals surface area (Å²) < 4.78 is 5.45. The van der Waals surface area contributed by atoms with Crippen LogP contribution in [0.5, 0.6) is 5.75 Å². The van der Waals surface area contributed by atoms with E-state index >= 15 is 0 Å². The highest BCUT2D eigenvalue weighted by atomic mass is 35.5. The maximum Gasteiger partial charge on any atom is 0.138 e. The maximum atomic E-state index is 6.01. The number of ether oxygens (including phenoxy) is 1. The van der Waals surface area contributed by atoms with Crippen molar-refractivity contribution < 1.29 is 4.74 Å². The van der Waals surface area contributed by atoms with Gasteiger partial charge in [0.15, 0.2) is 0 Å². The number of hydrogen-bond donors (Lipinski definition) is 0. The molecule has 0 saturated heterocycles. The van der Waals surface area contributed by atoms with Crippen LogP contribution in [0.2, 0.25) is 5.02 Å². The number of hydrogen-bond acceptors (Lipinski definition) is 2. The smallest absolute Gasteiger partial charge is 0.138 e. The van der Waals surface area contributed by atoms with Gasteiger partial charge in [0.05, 0.1) is 11.6 Å². The predicted molar refractivity (Wildman–Crippen MR) is 65.9 cm³/mol. The molecule has 0 aliphatic rings. The minimum Gasteiger partial charge on any atom is -0.492 e. The zero-order chi connectivity index (χ0) is 10.7. The zero-order valence-electron chi connectivity index (χ0n) is 8.37. The fourth-order valence-electron chi connectivity index (χ4n) is 1.38. The third kappa shape index (κ3) is 2.33. The van der Waals surface area contributed by atoms with Gasteiger partial charge in [0, 0.05) is 0 Å². The highest BCUT2D eigenvalue weighted by Crippen LogP contribution is 2.31. The Labute approximate surface area is 98.3 Å². The van der Waals surface area contributed by atoms with Crippen LogP contribution >= 0.6 is 22.9 Å². The monoisotopic (exact) mass is 238 g/mol. The Balaban J connectivity index is 2.38. The van der Waals surface area contributed by atoms with E-state index in [1.807, 2.05) is 25.1 Å². The van der Waals surface area contributed by atoms with Crippen molar-refractivity contribution in [3.05, 3.63) is 40.0 Å². The van der Waals surface area contributed by atoms with Gasteiger partial charge in [-0.15, -0.1) is 0 Å². The van der Waals surface area contributed by atoms with Crippen LogP contribution in [0.3, 0.4) is 0 Å². The third-order valence-electron chi connectivity index (χ3n) is 2.09. The molecule has 0 unspecified atom stereocenters. The van der Waals surface area contributed by atoms with E-state index < -0.39 is 0 Å². The zero-order valence-corrected chi connectivity index (χ0v) is 9.94. The summed E-state index contributed by atoms with van der Waals surface area (Å²) in [6.07, 6.45) is 0. The molecule has 0 spiro atoms. The molecule has 0 atom stereocenters. The number of rotatable bonds is 3. The lowest BCUT2D eigenvalue weighted by molar-refractivity contribution is 0.340. The van der Waals surface area contributed by atoms with E-state index in [9.17, 15) is 0 Å². The first-order chi connectivity index (χ1) is 7.31. The molecule has 2 rings (SSSR count). The standard InChI is InChI=1S/C12H11ClOS/c1-2-14-12-7-9(3-4-11(12)13)10-5-6-15-8-10/h3-8H,2H2,1H3. The van der Waals surface area contributed by atoms with Gasteiger partial charge < -0.3 is 4.74 Å². The van der Waals surface area contributed by atoms with Crippen molar-refractivity contribution in [3.63, 3.8) is 0 Å². The van der Waals surface area contributed by atoms with Gasteiger partial charge in [-0.3, -0.25) is 0 Å². The van der Waals surface area contributed by atoms with Gasteiger partial charge in [0.1, 0.15) is 5.75 Å². The first kappa shape index (κ1) is 10.5. The van der Waals surface area contributed by atoms with Crippen LogP contribution in [0.1, 0.15) is 6.92 Å². The Bertz CT molecular complexity index is 437. The van der Waals surface area contributed by atoms with E-state index in [1.54, 1.807) is 11.3 Å². The number of benzene rings is 1. The van der Waals surface area contributed by atoms with Gasteiger partial charge >= 0.3 is 0 Å². The summed E-state index contributed by atoms with van der Waals surface area (Å²) in [5.74, 6) is 0.753. The molecule has 0 saturated carbocycles. The molecule has 1 aromatic carbocycles. The van der Waals surface area contributed by atoms with Crippen molar-refractivity contribution in [2.24, 2.45) is 0 Å². The summed E-state index contributed by atoms with van der Waals surface area (Å²) >= 11 is 7.70. The Morgan fingerprint density at radius 2 is 2.13 bits per heavy atom. The summed E-state index contributed by atoms with van der Waals surface area (Å²) in [6, 6.07) is 7.95. The molecule has 15 heavy (non-hydrogen) atoms. The average molecular weight is 239 g/mol. The third-order valence-corrected chi connectivity index (χ3v) is 3.08. The summed E-state index contributed by atoms with van der Waals surface area (Å²) in [4.78, 5) is 0. The molecule has 78 valence electrons. The van der Waals surface area contributed by atoms with Crippen molar-refractivity contribution in [1.29, 1.82) is 0 Å². The summed E-state index contributed by atoms with van der Waals surface area (Å²) in [5.41, 5.74) is 2.35.